The average molecular weight is 288 g/mol. The Hall–Kier alpha value is -1.56. The smallest absolute Gasteiger partial charge is 0.356 e. The Bertz CT molecular complexity index is 407. The molecule has 0 saturated carbocycles. The van der Waals surface area contributed by atoms with E-state index in [1.807, 2.05) is 0 Å². The maximum absolute atomic E-state index is 12.6. The van der Waals surface area contributed by atoms with Crippen LogP contribution in [-0.4, -0.2) is 25.2 Å². The molecule has 0 bridgehead atoms. The monoisotopic (exact) mass is 288 g/mol. The lowest BCUT2D eigenvalue weighted by Crippen LogP contribution is -2.31. The molecule has 0 aliphatic rings. The Morgan fingerprint density at radius 1 is 1.25 bits per heavy atom. The van der Waals surface area contributed by atoms with Crippen molar-refractivity contribution in [2.75, 3.05) is 13.1 Å². The third kappa shape index (κ3) is 6.56. The minimum atomic E-state index is -4.25. The van der Waals surface area contributed by atoms with Crippen molar-refractivity contribution >= 4 is 5.91 Å². The van der Waals surface area contributed by atoms with Crippen molar-refractivity contribution in [3.05, 3.63) is 35.9 Å². The average Bonchev–Trinajstić information content (AvgIpc) is 2.37. The predicted octanol–water partition coefficient (Wildman–Crippen LogP) is 2.80. The molecule has 0 aliphatic heterocycles. The summed E-state index contributed by atoms with van der Waals surface area (Å²) >= 11 is 0. The third-order valence-electron chi connectivity index (χ3n) is 2.75. The molecule has 1 amide bonds. The lowest BCUT2D eigenvalue weighted by atomic mass is 10.0. The van der Waals surface area contributed by atoms with E-state index in [9.17, 15) is 18.0 Å². The lowest BCUT2D eigenvalue weighted by Gasteiger charge is -2.20. The van der Waals surface area contributed by atoms with Gasteiger partial charge in [0, 0.05) is 25.6 Å². The van der Waals surface area contributed by atoms with Crippen LogP contribution in [0.5, 0.6) is 0 Å². The number of amides is 1. The molecule has 1 aromatic carbocycles. The lowest BCUT2D eigenvalue weighted by molar-refractivity contribution is -0.140. The Balaban J connectivity index is 2.58. The Kier molecular flexibility index (Phi) is 6.51. The van der Waals surface area contributed by atoms with Gasteiger partial charge < -0.3 is 10.6 Å². The Labute approximate surface area is 116 Å². The van der Waals surface area contributed by atoms with Gasteiger partial charge in [-0.05, 0) is 12.5 Å². The molecule has 0 heterocycles. The maximum Gasteiger partial charge on any atom is 0.390 e. The summed E-state index contributed by atoms with van der Waals surface area (Å²) < 4.78 is 37.7. The quantitative estimate of drug-likeness (QED) is 0.810. The van der Waals surface area contributed by atoms with Crippen LogP contribution >= 0.6 is 0 Å². The molecule has 0 spiro atoms. The Morgan fingerprint density at radius 3 is 2.45 bits per heavy atom. The van der Waals surface area contributed by atoms with Gasteiger partial charge in [0.2, 0.25) is 5.91 Å². The van der Waals surface area contributed by atoms with Crippen molar-refractivity contribution < 1.29 is 18.0 Å². The van der Waals surface area contributed by atoms with Crippen LogP contribution in [0, 0.1) is 0 Å². The summed E-state index contributed by atoms with van der Waals surface area (Å²) in [5.74, 6) is -0.168. The molecule has 1 rings (SSSR count). The fraction of sp³-hybridized carbons (Fsp3) is 0.500. The van der Waals surface area contributed by atoms with Gasteiger partial charge in [0.25, 0.3) is 0 Å². The van der Waals surface area contributed by atoms with Gasteiger partial charge in [-0.3, -0.25) is 4.79 Å². The molecule has 1 atom stereocenters. The number of hydrogen-bond acceptors (Lipinski definition) is 2. The summed E-state index contributed by atoms with van der Waals surface area (Å²) in [6.07, 6.45) is -5.04. The minimum absolute atomic E-state index is 0.162. The number of halogens is 3. The normalized spacial score (nSPS) is 13.0. The van der Waals surface area contributed by atoms with Gasteiger partial charge >= 0.3 is 6.18 Å². The zero-order valence-electron chi connectivity index (χ0n) is 11.3. The van der Waals surface area contributed by atoms with Gasteiger partial charge in [-0.25, -0.2) is 0 Å². The van der Waals surface area contributed by atoms with E-state index in [4.69, 9.17) is 0 Å². The summed E-state index contributed by atoms with van der Waals surface area (Å²) in [4.78, 5) is 11.3. The second-order valence-corrected chi connectivity index (χ2v) is 4.44. The topological polar surface area (TPSA) is 41.1 Å². The Morgan fingerprint density at radius 2 is 1.90 bits per heavy atom. The van der Waals surface area contributed by atoms with Gasteiger partial charge in [0.05, 0.1) is 6.42 Å². The molecule has 0 aliphatic carbocycles. The highest BCUT2D eigenvalue weighted by atomic mass is 19.4. The SMILES string of the molecule is CCNC(=O)CCNC(CC(F)(F)F)c1ccccc1. The molecule has 0 fully saturated rings. The van der Waals surface area contributed by atoms with Crippen LogP contribution in [0.4, 0.5) is 13.2 Å². The molecule has 6 heteroatoms. The van der Waals surface area contributed by atoms with Crippen LogP contribution in [0.3, 0.4) is 0 Å². The van der Waals surface area contributed by atoms with Gasteiger partial charge in [0.15, 0.2) is 0 Å². The molecule has 1 unspecified atom stereocenters. The summed E-state index contributed by atoms with van der Waals surface area (Å²) in [5.41, 5.74) is 0.570. The third-order valence-corrected chi connectivity index (χ3v) is 2.75. The number of carbonyl (C=O) groups excluding carboxylic acids is 1. The number of hydrogen-bond donors (Lipinski definition) is 2. The number of benzene rings is 1. The number of alkyl halides is 3. The summed E-state index contributed by atoms with van der Waals surface area (Å²) in [6.45, 7) is 2.52. The first-order chi connectivity index (χ1) is 9.42. The van der Waals surface area contributed by atoms with Gasteiger partial charge in [-0.2, -0.15) is 13.2 Å². The van der Waals surface area contributed by atoms with Crippen LogP contribution in [0.1, 0.15) is 31.4 Å². The molecule has 0 aromatic heterocycles. The molecular weight excluding hydrogens is 269 g/mol. The number of carbonyl (C=O) groups is 1. The summed E-state index contributed by atoms with van der Waals surface area (Å²) in [5, 5.41) is 5.41. The predicted molar refractivity (Wildman–Crippen MR) is 71.2 cm³/mol. The van der Waals surface area contributed by atoms with Crippen LogP contribution in [-0.2, 0) is 4.79 Å². The van der Waals surface area contributed by atoms with Gasteiger partial charge in [-0.15, -0.1) is 0 Å². The fourth-order valence-electron chi connectivity index (χ4n) is 1.87. The van der Waals surface area contributed by atoms with Crippen molar-refractivity contribution in [1.82, 2.24) is 10.6 Å². The van der Waals surface area contributed by atoms with E-state index < -0.39 is 18.6 Å². The van der Waals surface area contributed by atoms with Crippen molar-refractivity contribution in [2.24, 2.45) is 0 Å². The largest absolute Gasteiger partial charge is 0.390 e. The highest BCUT2D eigenvalue weighted by Crippen LogP contribution is 2.29. The molecule has 0 saturated heterocycles. The minimum Gasteiger partial charge on any atom is -0.356 e. The van der Waals surface area contributed by atoms with E-state index in [0.29, 0.717) is 12.1 Å². The van der Waals surface area contributed by atoms with E-state index in [2.05, 4.69) is 10.6 Å². The van der Waals surface area contributed by atoms with Crippen LogP contribution < -0.4 is 10.6 Å². The first-order valence-corrected chi connectivity index (χ1v) is 6.54. The van der Waals surface area contributed by atoms with Crippen molar-refractivity contribution in [3.8, 4) is 0 Å². The van der Waals surface area contributed by atoms with Gasteiger partial charge in [-0.1, -0.05) is 30.3 Å². The zero-order chi connectivity index (χ0) is 15.0. The molecule has 2 N–H and O–H groups in total. The van der Waals surface area contributed by atoms with E-state index in [1.165, 1.54) is 0 Å². The molecule has 0 radical (unpaired) electrons. The molecule has 20 heavy (non-hydrogen) atoms. The molecule has 3 nitrogen and oxygen atoms in total. The summed E-state index contributed by atoms with van der Waals surface area (Å²) in [7, 11) is 0. The van der Waals surface area contributed by atoms with Crippen LogP contribution in [0.15, 0.2) is 30.3 Å². The van der Waals surface area contributed by atoms with Gasteiger partial charge in [0.1, 0.15) is 0 Å². The van der Waals surface area contributed by atoms with E-state index in [1.54, 1.807) is 37.3 Å². The second kappa shape index (κ2) is 7.89. The van der Waals surface area contributed by atoms with Crippen molar-refractivity contribution in [2.45, 2.75) is 32.0 Å². The van der Waals surface area contributed by atoms with E-state index in [-0.39, 0.29) is 18.9 Å². The second-order valence-electron chi connectivity index (χ2n) is 4.44. The van der Waals surface area contributed by atoms with Crippen LogP contribution in [0.25, 0.3) is 0 Å². The zero-order valence-corrected chi connectivity index (χ0v) is 11.3. The first-order valence-electron chi connectivity index (χ1n) is 6.54. The van der Waals surface area contributed by atoms with Crippen molar-refractivity contribution in [1.29, 1.82) is 0 Å². The fourth-order valence-corrected chi connectivity index (χ4v) is 1.87. The number of rotatable bonds is 7. The standard InChI is InChI=1S/C14H19F3N2O/c1-2-18-13(20)8-9-19-12(10-14(15,16)17)11-6-4-3-5-7-11/h3-7,12,19H,2,8-10H2,1H3,(H,18,20). The highest BCUT2D eigenvalue weighted by Gasteiger charge is 2.32. The summed E-state index contributed by atoms with van der Waals surface area (Å²) in [6, 6.07) is 7.62. The van der Waals surface area contributed by atoms with E-state index >= 15 is 0 Å². The van der Waals surface area contributed by atoms with Crippen molar-refractivity contribution in [3.63, 3.8) is 0 Å². The first kappa shape index (κ1) is 16.5. The molecular formula is C14H19F3N2O. The molecule has 112 valence electrons. The van der Waals surface area contributed by atoms with E-state index in [0.717, 1.165) is 0 Å². The van der Waals surface area contributed by atoms with Crippen LogP contribution in [0.2, 0.25) is 0 Å². The molecule has 1 aromatic rings. The number of nitrogens with one attached hydrogen (secondary N) is 2. The maximum atomic E-state index is 12.6. The highest BCUT2D eigenvalue weighted by molar-refractivity contribution is 5.75.